The molecule has 0 radical (unpaired) electrons. The molecule has 0 aliphatic carbocycles. The minimum absolute atomic E-state index is 0.302. The van der Waals surface area contributed by atoms with Gasteiger partial charge >= 0.3 is 0 Å². The van der Waals surface area contributed by atoms with Crippen LogP contribution in [0.1, 0.15) is 33.1 Å². The van der Waals surface area contributed by atoms with Gasteiger partial charge < -0.3 is 4.79 Å². The molecule has 54 valence electrons. The number of Topliss-reactive ketones (excluding diaryl/α,β-unsaturated/α-hetero) is 1. The van der Waals surface area contributed by atoms with Gasteiger partial charge in [0, 0.05) is 6.42 Å². The summed E-state index contributed by atoms with van der Waals surface area (Å²) < 4.78 is 0. The van der Waals surface area contributed by atoms with E-state index in [1.807, 2.05) is 0 Å². The summed E-state index contributed by atoms with van der Waals surface area (Å²) in [6.45, 7) is 3.78. The van der Waals surface area contributed by atoms with Crippen molar-refractivity contribution >= 4 is 15.0 Å². The Labute approximate surface area is 59.4 Å². The molecule has 0 saturated carbocycles. The summed E-state index contributed by atoms with van der Waals surface area (Å²) in [5.74, 6) is 0.302. The van der Waals surface area contributed by atoms with Crippen molar-refractivity contribution in [1.82, 2.24) is 0 Å². The number of carbonyl (C=O) groups excluding carboxylic acids is 1. The number of hydrogen-bond donors (Lipinski definition) is 0. The zero-order valence-corrected chi connectivity index (χ0v) is 7.34. The Morgan fingerprint density at radius 3 is 2.56 bits per heavy atom. The van der Waals surface area contributed by atoms with Gasteiger partial charge in [0.2, 0.25) is 0 Å². The molecule has 0 aliphatic heterocycles. The van der Waals surface area contributed by atoms with E-state index in [-0.39, 0.29) is 0 Å². The Morgan fingerprint density at radius 1 is 1.67 bits per heavy atom. The average Bonchev–Trinajstić information content (AvgIpc) is 1.83. The molecule has 0 rings (SSSR count). The molecule has 2 heteroatoms. The zero-order chi connectivity index (χ0) is 7.28. The van der Waals surface area contributed by atoms with Gasteiger partial charge in [-0.15, -0.1) is 9.24 Å². The van der Waals surface area contributed by atoms with Crippen molar-refractivity contribution < 1.29 is 4.79 Å². The van der Waals surface area contributed by atoms with Crippen molar-refractivity contribution in [2.75, 3.05) is 0 Å². The van der Waals surface area contributed by atoms with Crippen LogP contribution in [0.2, 0.25) is 0 Å². The van der Waals surface area contributed by atoms with Gasteiger partial charge in [-0.2, -0.15) is 0 Å². The van der Waals surface area contributed by atoms with E-state index in [9.17, 15) is 4.79 Å². The second-order valence-corrected chi connectivity index (χ2v) is 3.35. The van der Waals surface area contributed by atoms with Crippen molar-refractivity contribution in [3.05, 3.63) is 0 Å². The molecule has 0 fully saturated rings. The molecule has 1 nitrogen and oxygen atoms in total. The normalized spacial score (nSPS) is 13.2. The van der Waals surface area contributed by atoms with Gasteiger partial charge in [-0.25, -0.2) is 0 Å². The Morgan fingerprint density at radius 2 is 2.22 bits per heavy atom. The maximum atomic E-state index is 10.5. The predicted octanol–water partition coefficient (Wildman–Crippen LogP) is 2.01. The van der Waals surface area contributed by atoms with E-state index in [1.54, 1.807) is 6.92 Å². The van der Waals surface area contributed by atoms with E-state index in [0.29, 0.717) is 11.4 Å². The summed E-state index contributed by atoms with van der Waals surface area (Å²) in [7, 11) is 2.75. The lowest BCUT2D eigenvalue weighted by Crippen LogP contribution is -1.98. The molecule has 2 unspecified atom stereocenters. The number of hydrogen-bond acceptors (Lipinski definition) is 1. The third kappa shape index (κ3) is 5.98. The topological polar surface area (TPSA) is 17.1 Å². The highest BCUT2D eigenvalue weighted by atomic mass is 31.0. The fourth-order valence-corrected chi connectivity index (χ4v) is 0.759. The Balaban J connectivity index is 3.16. The molecule has 0 aromatic carbocycles. The number of ketones is 1. The Bertz CT molecular complexity index is 90.9. The van der Waals surface area contributed by atoms with Crippen molar-refractivity contribution in [1.29, 1.82) is 0 Å². The van der Waals surface area contributed by atoms with Crippen molar-refractivity contribution in [2.24, 2.45) is 0 Å². The van der Waals surface area contributed by atoms with Gasteiger partial charge in [-0.1, -0.05) is 6.92 Å². The monoisotopic (exact) mass is 146 g/mol. The van der Waals surface area contributed by atoms with E-state index < -0.39 is 0 Å². The van der Waals surface area contributed by atoms with Gasteiger partial charge in [0.25, 0.3) is 0 Å². The second kappa shape index (κ2) is 4.93. The third-order valence-corrected chi connectivity index (χ3v) is 2.20. The minimum atomic E-state index is 0.302. The molecular weight excluding hydrogens is 131 g/mol. The summed E-state index contributed by atoms with van der Waals surface area (Å²) in [6.07, 6.45) is 2.91. The molecule has 0 bridgehead atoms. The summed E-state index contributed by atoms with van der Waals surface area (Å²) >= 11 is 0. The largest absolute Gasteiger partial charge is 0.300 e. The fourth-order valence-electron chi connectivity index (χ4n) is 0.593. The van der Waals surface area contributed by atoms with Crippen LogP contribution in [0.15, 0.2) is 0 Å². The van der Waals surface area contributed by atoms with Gasteiger partial charge in [0.05, 0.1) is 0 Å². The van der Waals surface area contributed by atoms with Gasteiger partial charge in [-0.05, 0) is 25.4 Å². The predicted molar refractivity (Wildman–Crippen MR) is 43.7 cm³/mol. The van der Waals surface area contributed by atoms with Gasteiger partial charge in [-0.3, -0.25) is 0 Å². The summed E-state index contributed by atoms with van der Waals surface area (Å²) in [4.78, 5) is 10.5. The van der Waals surface area contributed by atoms with Crippen LogP contribution < -0.4 is 0 Å². The Hall–Kier alpha value is 0.100. The molecule has 0 aliphatic rings. The summed E-state index contributed by atoms with van der Waals surface area (Å²) in [6, 6.07) is 0. The van der Waals surface area contributed by atoms with Gasteiger partial charge in [0.15, 0.2) is 0 Å². The average molecular weight is 146 g/mol. The van der Waals surface area contributed by atoms with Crippen LogP contribution in [0, 0.1) is 0 Å². The lowest BCUT2D eigenvalue weighted by molar-refractivity contribution is -0.117. The first-order valence-electron chi connectivity index (χ1n) is 3.41. The van der Waals surface area contributed by atoms with Crippen LogP contribution in [-0.4, -0.2) is 11.4 Å². The van der Waals surface area contributed by atoms with Crippen molar-refractivity contribution in [3.8, 4) is 0 Å². The third-order valence-electron chi connectivity index (χ3n) is 1.39. The van der Waals surface area contributed by atoms with Crippen LogP contribution in [0.25, 0.3) is 0 Å². The molecule has 0 amide bonds. The molecular formula is C7H15OP. The highest BCUT2D eigenvalue weighted by Gasteiger charge is 1.99. The zero-order valence-electron chi connectivity index (χ0n) is 6.18. The Kier molecular flexibility index (Phi) is 4.99. The molecule has 0 heterocycles. The molecule has 2 atom stereocenters. The fraction of sp³-hybridized carbons (Fsp3) is 0.857. The van der Waals surface area contributed by atoms with Crippen molar-refractivity contribution in [3.63, 3.8) is 0 Å². The molecule has 0 aromatic rings. The smallest absolute Gasteiger partial charge is 0.129 e. The van der Waals surface area contributed by atoms with E-state index >= 15 is 0 Å². The quantitative estimate of drug-likeness (QED) is 0.554. The van der Waals surface area contributed by atoms with Crippen molar-refractivity contribution in [2.45, 2.75) is 38.8 Å². The first kappa shape index (κ1) is 9.10. The maximum absolute atomic E-state index is 10.5. The van der Waals surface area contributed by atoms with E-state index in [1.165, 1.54) is 0 Å². The first-order chi connectivity index (χ1) is 4.16. The van der Waals surface area contributed by atoms with Crippen LogP contribution in [0.4, 0.5) is 0 Å². The lowest BCUT2D eigenvalue weighted by atomic mass is 10.1. The number of rotatable bonds is 4. The molecule has 0 aromatic heterocycles. The minimum Gasteiger partial charge on any atom is -0.300 e. The standard InChI is InChI=1S/C7H15OP/c1-3-7(9)5-4-6(2)8/h7H,3-5,9H2,1-2H3. The lowest BCUT2D eigenvalue weighted by Gasteiger charge is -2.03. The van der Waals surface area contributed by atoms with Crippen LogP contribution in [0.5, 0.6) is 0 Å². The summed E-state index contributed by atoms with van der Waals surface area (Å²) in [5, 5.41) is 0. The highest BCUT2D eigenvalue weighted by Crippen LogP contribution is 2.11. The van der Waals surface area contributed by atoms with Crippen LogP contribution in [0.3, 0.4) is 0 Å². The second-order valence-electron chi connectivity index (χ2n) is 2.41. The summed E-state index contributed by atoms with van der Waals surface area (Å²) in [5.41, 5.74) is 0.633. The molecule has 0 N–H and O–H groups in total. The molecule has 0 saturated heterocycles. The number of carbonyl (C=O) groups is 1. The highest BCUT2D eigenvalue weighted by molar-refractivity contribution is 7.17. The molecule has 0 spiro atoms. The SMILES string of the molecule is CCC(P)CCC(C)=O. The van der Waals surface area contributed by atoms with E-state index in [2.05, 4.69) is 16.2 Å². The maximum Gasteiger partial charge on any atom is 0.129 e. The molecule has 9 heavy (non-hydrogen) atoms. The van der Waals surface area contributed by atoms with E-state index in [0.717, 1.165) is 19.3 Å². The van der Waals surface area contributed by atoms with Gasteiger partial charge in [0.1, 0.15) is 5.78 Å². The van der Waals surface area contributed by atoms with Crippen LogP contribution >= 0.6 is 9.24 Å². The first-order valence-corrected chi connectivity index (χ1v) is 4.08. The van der Waals surface area contributed by atoms with Crippen LogP contribution in [-0.2, 0) is 4.79 Å². The van der Waals surface area contributed by atoms with E-state index in [4.69, 9.17) is 0 Å².